The first-order chi connectivity index (χ1) is 12.5. The average Bonchev–Trinajstić information content (AvgIpc) is 2.61. The number of benzene rings is 1. The van der Waals surface area contributed by atoms with Gasteiger partial charge in [0.25, 0.3) is 0 Å². The molecular formula is C20H24N4O2. The van der Waals surface area contributed by atoms with Gasteiger partial charge in [0.1, 0.15) is 11.8 Å². The number of phenols is 1. The van der Waals surface area contributed by atoms with Crippen LogP contribution >= 0.6 is 0 Å². The van der Waals surface area contributed by atoms with Crippen LogP contribution in [0.2, 0.25) is 0 Å². The van der Waals surface area contributed by atoms with Crippen molar-refractivity contribution < 1.29 is 9.90 Å². The monoisotopic (exact) mass is 352 g/mol. The van der Waals surface area contributed by atoms with E-state index in [9.17, 15) is 9.90 Å². The van der Waals surface area contributed by atoms with Gasteiger partial charge in [0.2, 0.25) is 5.91 Å². The Kier molecular flexibility index (Phi) is 4.26. The first kappa shape index (κ1) is 16.8. The quantitative estimate of drug-likeness (QED) is 0.868. The summed E-state index contributed by atoms with van der Waals surface area (Å²) in [5, 5.41) is 22.0. The average molecular weight is 352 g/mol. The smallest absolute Gasteiger partial charge is 0.243 e. The lowest BCUT2D eigenvalue weighted by Gasteiger charge is -2.43. The molecule has 2 saturated heterocycles. The molecule has 0 unspecified atom stereocenters. The lowest BCUT2D eigenvalue weighted by molar-refractivity contribution is -0.125. The van der Waals surface area contributed by atoms with Gasteiger partial charge in [-0.1, -0.05) is 6.07 Å². The summed E-state index contributed by atoms with van der Waals surface area (Å²) in [6.07, 6.45) is 3.18. The predicted molar refractivity (Wildman–Crippen MR) is 100 cm³/mol. The number of anilines is 1. The Morgan fingerprint density at radius 3 is 2.77 bits per heavy atom. The molecular weight excluding hydrogens is 328 g/mol. The molecule has 2 N–H and O–H groups in total. The van der Waals surface area contributed by atoms with Gasteiger partial charge < -0.3 is 15.3 Å². The molecule has 1 aromatic heterocycles. The highest BCUT2D eigenvalue weighted by Crippen LogP contribution is 2.34. The molecule has 1 amide bonds. The molecule has 0 bridgehead atoms. The Morgan fingerprint density at radius 1 is 1.19 bits per heavy atom. The number of piperidine rings is 2. The molecule has 1 aromatic carbocycles. The van der Waals surface area contributed by atoms with Crippen molar-refractivity contribution in [3.05, 3.63) is 35.4 Å². The summed E-state index contributed by atoms with van der Waals surface area (Å²) in [5.74, 6) is 1.43. The van der Waals surface area contributed by atoms with Crippen molar-refractivity contribution in [1.29, 1.82) is 0 Å². The zero-order chi connectivity index (χ0) is 18.3. The lowest BCUT2D eigenvalue weighted by atomic mass is 9.83. The zero-order valence-corrected chi connectivity index (χ0v) is 15.2. The minimum atomic E-state index is -0.146. The summed E-state index contributed by atoms with van der Waals surface area (Å²) in [4.78, 5) is 14.5. The summed E-state index contributed by atoms with van der Waals surface area (Å²) in [6, 6.07) is 7.40. The van der Waals surface area contributed by atoms with Crippen molar-refractivity contribution in [2.75, 3.05) is 18.0 Å². The second kappa shape index (κ2) is 6.59. The molecule has 2 aromatic rings. The van der Waals surface area contributed by atoms with Gasteiger partial charge in [0.15, 0.2) is 5.82 Å². The maximum atomic E-state index is 12.4. The topological polar surface area (TPSA) is 78.4 Å². The molecule has 3 heterocycles. The van der Waals surface area contributed by atoms with Crippen LogP contribution in [0.1, 0.15) is 30.4 Å². The number of aromatic hydroxyl groups is 1. The van der Waals surface area contributed by atoms with E-state index < -0.39 is 0 Å². The van der Waals surface area contributed by atoms with Crippen molar-refractivity contribution in [3.8, 4) is 17.0 Å². The standard InChI is InChI=1S/C20H24N4O2/c1-12-10-13(2)18(16(25)11-12)15-5-6-17(23-22-15)24-9-3-4-14-7-8-21-20(26)19(14)24/h5-6,10-11,14,19,25H,3-4,7-9H2,1-2H3,(H,21,26)/t14-,19-/m1/s1. The van der Waals surface area contributed by atoms with Gasteiger partial charge in [-0.05, 0) is 68.4 Å². The van der Waals surface area contributed by atoms with Crippen molar-refractivity contribution in [1.82, 2.24) is 15.5 Å². The van der Waals surface area contributed by atoms with E-state index in [0.717, 1.165) is 49.3 Å². The Bertz CT molecular complexity index is 809. The molecule has 26 heavy (non-hydrogen) atoms. The number of amides is 1. The van der Waals surface area contributed by atoms with Gasteiger partial charge in [-0.25, -0.2) is 0 Å². The Morgan fingerprint density at radius 2 is 2.04 bits per heavy atom. The van der Waals surface area contributed by atoms with Gasteiger partial charge in [0.05, 0.1) is 5.69 Å². The van der Waals surface area contributed by atoms with Crippen LogP contribution in [0.3, 0.4) is 0 Å². The number of rotatable bonds is 2. The fourth-order valence-corrected chi connectivity index (χ4v) is 4.37. The number of nitrogens with zero attached hydrogens (tertiary/aromatic N) is 3. The van der Waals surface area contributed by atoms with E-state index in [2.05, 4.69) is 20.4 Å². The number of hydrogen-bond donors (Lipinski definition) is 2. The highest BCUT2D eigenvalue weighted by molar-refractivity contribution is 5.86. The zero-order valence-electron chi connectivity index (χ0n) is 15.2. The molecule has 2 fully saturated rings. The van der Waals surface area contributed by atoms with Crippen molar-refractivity contribution >= 4 is 11.7 Å². The fourth-order valence-electron chi connectivity index (χ4n) is 4.37. The maximum absolute atomic E-state index is 12.4. The van der Waals surface area contributed by atoms with Gasteiger partial charge in [0, 0.05) is 18.7 Å². The van der Waals surface area contributed by atoms with Crippen LogP contribution in [0.5, 0.6) is 5.75 Å². The number of carbonyl (C=O) groups excluding carboxylic acids is 1. The molecule has 136 valence electrons. The number of nitrogens with one attached hydrogen (secondary N) is 1. The second-order valence-electron chi connectivity index (χ2n) is 7.37. The summed E-state index contributed by atoms with van der Waals surface area (Å²) in [7, 11) is 0. The minimum Gasteiger partial charge on any atom is -0.507 e. The van der Waals surface area contributed by atoms with Crippen LogP contribution in [0.15, 0.2) is 24.3 Å². The summed E-state index contributed by atoms with van der Waals surface area (Å²) >= 11 is 0. The molecule has 0 saturated carbocycles. The summed E-state index contributed by atoms with van der Waals surface area (Å²) in [5.41, 5.74) is 3.33. The van der Waals surface area contributed by atoms with E-state index in [1.807, 2.05) is 32.0 Å². The van der Waals surface area contributed by atoms with Gasteiger partial charge in [-0.15, -0.1) is 10.2 Å². The predicted octanol–water partition coefficient (Wildman–Crippen LogP) is 2.57. The molecule has 0 spiro atoms. The van der Waals surface area contributed by atoms with E-state index in [-0.39, 0.29) is 17.7 Å². The van der Waals surface area contributed by atoms with E-state index in [1.165, 1.54) is 0 Å². The Balaban J connectivity index is 1.65. The lowest BCUT2D eigenvalue weighted by Crippen LogP contribution is -2.58. The van der Waals surface area contributed by atoms with Crippen LogP contribution in [0, 0.1) is 19.8 Å². The molecule has 0 radical (unpaired) electrons. The van der Waals surface area contributed by atoms with Crippen LogP contribution < -0.4 is 10.2 Å². The first-order valence-corrected chi connectivity index (χ1v) is 9.23. The third kappa shape index (κ3) is 2.89. The highest BCUT2D eigenvalue weighted by Gasteiger charge is 2.39. The second-order valence-corrected chi connectivity index (χ2v) is 7.37. The van der Waals surface area contributed by atoms with E-state index in [0.29, 0.717) is 17.2 Å². The number of aryl methyl sites for hydroxylation is 2. The molecule has 2 atom stereocenters. The maximum Gasteiger partial charge on any atom is 0.243 e. The Labute approximate surface area is 153 Å². The van der Waals surface area contributed by atoms with Gasteiger partial charge >= 0.3 is 0 Å². The van der Waals surface area contributed by atoms with Crippen LogP contribution in [-0.2, 0) is 4.79 Å². The molecule has 6 heteroatoms. The number of phenolic OH excluding ortho intramolecular Hbond substituents is 1. The SMILES string of the molecule is Cc1cc(C)c(-c2ccc(N3CCC[C@@H]4CCNC(=O)[C@@H]43)nn2)c(O)c1. The van der Waals surface area contributed by atoms with Crippen LogP contribution in [-0.4, -0.2) is 40.3 Å². The Hall–Kier alpha value is -2.63. The van der Waals surface area contributed by atoms with Gasteiger partial charge in [-0.2, -0.15) is 0 Å². The van der Waals surface area contributed by atoms with Crippen molar-refractivity contribution in [2.45, 2.75) is 39.2 Å². The number of aromatic nitrogens is 2. The first-order valence-electron chi connectivity index (χ1n) is 9.23. The van der Waals surface area contributed by atoms with Crippen LogP contribution in [0.4, 0.5) is 5.82 Å². The van der Waals surface area contributed by atoms with E-state index in [4.69, 9.17) is 0 Å². The van der Waals surface area contributed by atoms with Gasteiger partial charge in [-0.3, -0.25) is 4.79 Å². The van der Waals surface area contributed by atoms with E-state index >= 15 is 0 Å². The van der Waals surface area contributed by atoms with Crippen molar-refractivity contribution in [3.63, 3.8) is 0 Å². The highest BCUT2D eigenvalue weighted by atomic mass is 16.3. The molecule has 2 aliphatic heterocycles. The third-order valence-corrected chi connectivity index (χ3v) is 5.50. The number of carbonyl (C=O) groups is 1. The normalized spacial score (nSPS) is 22.7. The number of fused-ring (bicyclic) bond motifs is 1. The summed E-state index contributed by atoms with van der Waals surface area (Å²) in [6.45, 7) is 5.49. The molecule has 0 aliphatic carbocycles. The number of hydrogen-bond acceptors (Lipinski definition) is 5. The third-order valence-electron chi connectivity index (χ3n) is 5.50. The fraction of sp³-hybridized carbons (Fsp3) is 0.450. The molecule has 4 rings (SSSR count). The molecule has 2 aliphatic rings. The van der Waals surface area contributed by atoms with Crippen molar-refractivity contribution in [2.24, 2.45) is 5.92 Å². The summed E-state index contributed by atoms with van der Waals surface area (Å²) < 4.78 is 0. The molecule has 6 nitrogen and oxygen atoms in total. The van der Waals surface area contributed by atoms with E-state index in [1.54, 1.807) is 6.07 Å². The minimum absolute atomic E-state index is 0.0962. The van der Waals surface area contributed by atoms with Crippen LogP contribution in [0.25, 0.3) is 11.3 Å². The largest absolute Gasteiger partial charge is 0.507 e.